The molecule has 1 atom stereocenters. The van der Waals surface area contributed by atoms with Crippen LogP contribution >= 0.6 is 11.6 Å². The molecule has 2 N–H and O–H groups in total. The lowest BCUT2D eigenvalue weighted by atomic mass is 10.0. The summed E-state index contributed by atoms with van der Waals surface area (Å²) in [5, 5.41) is 0.656. The molecule has 3 heteroatoms. The van der Waals surface area contributed by atoms with Crippen molar-refractivity contribution < 1.29 is 4.79 Å². The fourth-order valence-electron chi connectivity index (χ4n) is 1.26. The van der Waals surface area contributed by atoms with E-state index in [0.717, 1.165) is 12.0 Å². The number of rotatable bonds is 4. The van der Waals surface area contributed by atoms with E-state index in [1.165, 1.54) is 0 Å². The van der Waals surface area contributed by atoms with Crippen LogP contribution in [0.4, 0.5) is 0 Å². The summed E-state index contributed by atoms with van der Waals surface area (Å²) in [6, 6.07) is 6.57. The topological polar surface area (TPSA) is 43.1 Å². The highest BCUT2D eigenvalue weighted by Gasteiger charge is 2.13. The maximum atomic E-state index is 11.5. The summed E-state index contributed by atoms with van der Waals surface area (Å²) in [6.45, 7) is 1.96. The maximum Gasteiger partial charge on any atom is 0.154 e. The van der Waals surface area contributed by atoms with Gasteiger partial charge in [0.25, 0.3) is 0 Å². The molecular weight excluding hydrogens is 198 g/mol. The molecule has 0 amide bonds. The molecule has 0 aliphatic carbocycles. The van der Waals surface area contributed by atoms with E-state index in [-0.39, 0.29) is 5.78 Å². The van der Waals surface area contributed by atoms with Crippen molar-refractivity contribution in [1.29, 1.82) is 0 Å². The highest BCUT2D eigenvalue weighted by Crippen LogP contribution is 2.16. The standard InChI is InChI=1S/C11H14ClNO/c1-2-3-10(14)11(13)8-4-6-9(12)7-5-8/h4-7,11H,2-3,13H2,1H3. The van der Waals surface area contributed by atoms with Gasteiger partial charge in [0.2, 0.25) is 0 Å². The van der Waals surface area contributed by atoms with Gasteiger partial charge in [-0.15, -0.1) is 0 Å². The Hall–Kier alpha value is -0.860. The third kappa shape index (κ3) is 2.82. The van der Waals surface area contributed by atoms with Gasteiger partial charge in [0.05, 0.1) is 6.04 Å². The van der Waals surface area contributed by atoms with Gasteiger partial charge in [-0.3, -0.25) is 4.79 Å². The first-order valence-corrected chi connectivity index (χ1v) is 5.06. The second-order valence-corrected chi connectivity index (χ2v) is 3.68. The fraction of sp³-hybridized carbons (Fsp3) is 0.364. The molecular formula is C11H14ClNO. The van der Waals surface area contributed by atoms with Crippen LogP contribution in [0.25, 0.3) is 0 Å². The number of carbonyl (C=O) groups excluding carboxylic acids is 1. The van der Waals surface area contributed by atoms with Gasteiger partial charge >= 0.3 is 0 Å². The minimum atomic E-state index is -0.507. The molecule has 0 bridgehead atoms. The first-order chi connectivity index (χ1) is 6.65. The van der Waals surface area contributed by atoms with Crippen molar-refractivity contribution in [2.45, 2.75) is 25.8 Å². The summed E-state index contributed by atoms with van der Waals surface area (Å²) >= 11 is 5.73. The summed E-state index contributed by atoms with van der Waals surface area (Å²) < 4.78 is 0. The van der Waals surface area contributed by atoms with Gasteiger partial charge in [0, 0.05) is 11.4 Å². The summed E-state index contributed by atoms with van der Waals surface area (Å²) in [5.74, 6) is 0.0785. The van der Waals surface area contributed by atoms with Crippen LogP contribution in [-0.4, -0.2) is 5.78 Å². The highest BCUT2D eigenvalue weighted by atomic mass is 35.5. The van der Waals surface area contributed by atoms with E-state index in [9.17, 15) is 4.79 Å². The molecule has 0 aromatic heterocycles. The quantitative estimate of drug-likeness (QED) is 0.832. The summed E-state index contributed by atoms with van der Waals surface area (Å²) in [6.07, 6.45) is 1.36. The van der Waals surface area contributed by atoms with E-state index in [2.05, 4.69) is 0 Å². The zero-order chi connectivity index (χ0) is 10.6. The first kappa shape index (κ1) is 11.2. The molecule has 0 radical (unpaired) electrons. The molecule has 0 spiro atoms. The Balaban J connectivity index is 2.73. The lowest BCUT2D eigenvalue weighted by molar-refractivity contribution is -0.120. The SMILES string of the molecule is CCCC(=O)C(N)c1ccc(Cl)cc1. The van der Waals surface area contributed by atoms with Crippen LogP contribution in [0.3, 0.4) is 0 Å². The molecule has 0 aliphatic heterocycles. The van der Waals surface area contributed by atoms with E-state index in [0.29, 0.717) is 11.4 Å². The second-order valence-electron chi connectivity index (χ2n) is 3.25. The van der Waals surface area contributed by atoms with Crippen molar-refractivity contribution in [3.05, 3.63) is 34.9 Å². The van der Waals surface area contributed by atoms with Crippen LogP contribution in [-0.2, 0) is 4.79 Å². The van der Waals surface area contributed by atoms with Crippen molar-refractivity contribution in [3.63, 3.8) is 0 Å². The van der Waals surface area contributed by atoms with E-state index in [1.54, 1.807) is 24.3 Å². The molecule has 14 heavy (non-hydrogen) atoms. The van der Waals surface area contributed by atoms with Crippen LogP contribution in [0.2, 0.25) is 5.02 Å². The molecule has 0 saturated heterocycles. The van der Waals surface area contributed by atoms with Gasteiger partial charge in [-0.2, -0.15) is 0 Å². The monoisotopic (exact) mass is 211 g/mol. The summed E-state index contributed by atoms with van der Waals surface area (Å²) in [5.41, 5.74) is 6.61. The van der Waals surface area contributed by atoms with Crippen LogP contribution in [0, 0.1) is 0 Å². The average molecular weight is 212 g/mol. The lowest BCUT2D eigenvalue weighted by Gasteiger charge is -2.09. The number of benzene rings is 1. The molecule has 2 nitrogen and oxygen atoms in total. The summed E-state index contributed by atoms with van der Waals surface area (Å²) in [4.78, 5) is 11.5. The minimum Gasteiger partial charge on any atom is -0.318 e. The molecule has 1 unspecified atom stereocenters. The van der Waals surface area contributed by atoms with Crippen molar-refractivity contribution in [1.82, 2.24) is 0 Å². The zero-order valence-electron chi connectivity index (χ0n) is 8.16. The Kier molecular flexibility index (Phi) is 4.11. The number of nitrogens with two attached hydrogens (primary N) is 1. The normalized spacial score (nSPS) is 12.5. The van der Waals surface area contributed by atoms with E-state index in [4.69, 9.17) is 17.3 Å². The molecule has 0 aliphatic rings. The number of carbonyl (C=O) groups is 1. The van der Waals surface area contributed by atoms with Crippen LogP contribution in [0.5, 0.6) is 0 Å². The van der Waals surface area contributed by atoms with Crippen molar-refractivity contribution >= 4 is 17.4 Å². The average Bonchev–Trinajstić information content (AvgIpc) is 2.18. The predicted octanol–water partition coefficient (Wildman–Crippen LogP) is 2.71. The van der Waals surface area contributed by atoms with Crippen LogP contribution in [0.15, 0.2) is 24.3 Å². The number of hydrogen-bond donors (Lipinski definition) is 1. The molecule has 1 aromatic rings. The van der Waals surface area contributed by atoms with E-state index >= 15 is 0 Å². The number of halogens is 1. The minimum absolute atomic E-state index is 0.0785. The van der Waals surface area contributed by atoms with Crippen molar-refractivity contribution in [2.75, 3.05) is 0 Å². The highest BCUT2D eigenvalue weighted by molar-refractivity contribution is 6.30. The van der Waals surface area contributed by atoms with Crippen molar-refractivity contribution in [2.24, 2.45) is 5.73 Å². The predicted molar refractivity (Wildman–Crippen MR) is 58.3 cm³/mol. The smallest absolute Gasteiger partial charge is 0.154 e. The third-order valence-electron chi connectivity index (χ3n) is 2.07. The zero-order valence-corrected chi connectivity index (χ0v) is 8.92. The number of ketones is 1. The maximum absolute atomic E-state index is 11.5. The second kappa shape index (κ2) is 5.13. The fourth-order valence-corrected chi connectivity index (χ4v) is 1.38. The Labute approximate surface area is 89.1 Å². The van der Waals surface area contributed by atoms with E-state index in [1.807, 2.05) is 6.92 Å². The molecule has 1 aromatic carbocycles. The summed E-state index contributed by atoms with van der Waals surface area (Å²) in [7, 11) is 0. The Morgan fingerprint density at radius 1 is 1.43 bits per heavy atom. The molecule has 1 rings (SSSR count). The van der Waals surface area contributed by atoms with Crippen molar-refractivity contribution in [3.8, 4) is 0 Å². The molecule has 0 heterocycles. The first-order valence-electron chi connectivity index (χ1n) is 4.69. The van der Waals surface area contributed by atoms with Gasteiger partial charge in [-0.05, 0) is 24.1 Å². The van der Waals surface area contributed by atoms with Crippen LogP contribution in [0.1, 0.15) is 31.4 Å². The Bertz CT molecular complexity index is 308. The van der Waals surface area contributed by atoms with Gasteiger partial charge < -0.3 is 5.73 Å². The van der Waals surface area contributed by atoms with Gasteiger partial charge in [-0.1, -0.05) is 30.7 Å². The van der Waals surface area contributed by atoms with Gasteiger partial charge in [0.1, 0.15) is 0 Å². The molecule has 76 valence electrons. The third-order valence-corrected chi connectivity index (χ3v) is 2.32. The van der Waals surface area contributed by atoms with Crippen LogP contribution < -0.4 is 5.73 Å². The molecule has 0 fully saturated rings. The Morgan fingerprint density at radius 2 is 2.00 bits per heavy atom. The Morgan fingerprint density at radius 3 is 2.50 bits per heavy atom. The largest absolute Gasteiger partial charge is 0.318 e. The molecule has 0 saturated carbocycles. The lowest BCUT2D eigenvalue weighted by Crippen LogP contribution is -2.20. The van der Waals surface area contributed by atoms with Gasteiger partial charge in [-0.25, -0.2) is 0 Å². The van der Waals surface area contributed by atoms with E-state index < -0.39 is 6.04 Å². The number of hydrogen-bond acceptors (Lipinski definition) is 2. The number of Topliss-reactive ketones (excluding diaryl/α,β-unsaturated/α-hetero) is 1. The van der Waals surface area contributed by atoms with Gasteiger partial charge in [0.15, 0.2) is 5.78 Å².